The van der Waals surface area contributed by atoms with Gasteiger partial charge in [-0.3, -0.25) is 0 Å². The van der Waals surface area contributed by atoms with Crippen LogP contribution in [0.4, 0.5) is 5.82 Å². The van der Waals surface area contributed by atoms with Crippen molar-refractivity contribution in [3.05, 3.63) is 10.7 Å². The van der Waals surface area contributed by atoms with Gasteiger partial charge in [0.25, 0.3) is 0 Å². The van der Waals surface area contributed by atoms with Crippen LogP contribution >= 0.6 is 15.9 Å². The van der Waals surface area contributed by atoms with Crippen LogP contribution in [0.2, 0.25) is 0 Å². The first-order valence-electron chi connectivity index (χ1n) is 1.66. The van der Waals surface area contributed by atoms with E-state index >= 15 is 0 Å². The van der Waals surface area contributed by atoms with Crippen molar-refractivity contribution >= 4 is 21.7 Å². The summed E-state index contributed by atoms with van der Waals surface area (Å²) in [5, 5.41) is 3.37. The van der Waals surface area contributed by atoms with E-state index in [0.29, 0.717) is 10.3 Å². The molecule has 0 bridgehead atoms. The maximum Gasteiger partial charge on any atom is 0.181 e. The molecule has 1 heterocycles. The minimum atomic E-state index is 0.389. The number of hydrogen-bond donors (Lipinski definition) is 1. The molecule has 1 aromatic rings. The van der Waals surface area contributed by atoms with Gasteiger partial charge in [-0.25, -0.2) is 0 Å². The molecule has 0 radical (unpaired) electrons. The summed E-state index contributed by atoms with van der Waals surface area (Å²) in [6.07, 6.45) is 1.43. The molecule has 0 saturated carbocycles. The van der Waals surface area contributed by atoms with Crippen molar-refractivity contribution in [2.75, 3.05) is 5.73 Å². The Kier molecular flexibility index (Phi) is 1.02. The molecule has 0 atom stereocenters. The van der Waals surface area contributed by atoms with E-state index in [1.54, 1.807) is 0 Å². The third-order valence-corrected chi connectivity index (χ3v) is 1.15. The van der Waals surface area contributed by atoms with E-state index < -0.39 is 0 Å². The summed E-state index contributed by atoms with van der Waals surface area (Å²) in [4.78, 5) is 0. The molecule has 1 rings (SSSR count). The summed E-state index contributed by atoms with van der Waals surface area (Å²) in [6.45, 7) is 0. The van der Waals surface area contributed by atoms with Crippen LogP contribution in [0.25, 0.3) is 0 Å². The minimum Gasteiger partial charge on any atom is -0.380 e. The topological polar surface area (TPSA) is 52.0 Å². The standard InChI is InChI=1S/C3H3BrN2O/c4-2-1-7-6-3(2)5/h1H,(H2,5,6). The number of halogens is 1. The van der Waals surface area contributed by atoms with Gasteiger partial charge < -0.3 is 10.3 Å². The molecule has 0 amide bonds. The fourth-order valence-electron chi connectivity index (χ4n) is 0.233. The molecule has 3 nitrogen and oxygen atoms in total. The Morgan fingerprint density at radius 3 is 2.71 bits per heavy atom. The zero-order valence-corrected chi connectivity index (χ0v) is 4.97. The second-order valence-corrected chi connectivity index (χ2v) is 1.90. The SMILES string of the molecule is Nc1nocc1Br. The van der Waals surface area contributed by atoms with Crippen LogP contribution in [-0.4, -0.2) is 5.16 Å². The van der Waals surface area contributed by atoms with E-state index in [1.807, 2.05) is 0 Å². The lowest BCUT2D eigenvalue weighted by Crippen LogP contribution is -1.81. The number of hydrogen-bond acceptors (Lipinski definition) is 3. The normalized spacial score (nSPS) is 9.29. The summed E-state index contributed by atoms with van der Waals surface area (Å²) in [6, 6.07) is 0. The van der Waals surface area contributed by atoms with Crippen molar-refractivity contribution in [2.24, 2.45) is 0 Å². The first-order valence-corrected chi connectivity index (χ1v) is 2.45. The molecule has 4 heteroatoms. The van der Waals surface area contributed by atoms with E-state index in [1.165, 1.54) is 6.26 Å². The van der Waals surface area contributed by atoms with Crippen LogP contribution in [-0.2, 0) is 0 Å². The average Bonchev–Trinajstić information content (AvgIpc) is 1.91. The lowest BCUT2D eigenvalue weighted by molar-refractivity contribution is 0.422. The van der Waals surface area contributed by atoms with E-state index in [9.17, 15) is 0 Å². The third-order valence-electron chi connectivity index (χ3n) is 0.552. The van der Waals surface area contributed by atoms with Gasteiger partial charge in [0.2, 0.25) is 0 Å². The van der Waals surface area contributed by atoms with Crippen molar-refractivity contribution in [2.45, 2.75) is 0 Å². The van der Waals surface area contributed by atoms with Crippen LogP contribution in [0.15, 0.2) is 15.3 Å². The van der Waals surface area contributed by atoms with Gasteiger partial charge in [-0.05, 0) is 15.9 Å². The number of aromatic nitrogens is 1. The lowest BCUT2D eigenvalue weighted by Gasteiger charge is -1.73. The second-order valence-electron chi connectivity index (χ2n) is 1.05. The summed E-state index contributed by atoms with van der Waals surface area (Å²) in [5.41, 5.74) is 5.19. The average molecular weight is 163 g/mol. The quantitative estimate of drug-likeness (QED) is 0.620. The smallest absolute Gasteiger partial charge is 0.181 e. The summed E-state index contributed by atoms with van der Waals surface area (Å²) < 4.78 is 5.12. The predicted molar refractivity (Wildman–Crippen MR) is 28.6 cm³/mol. The molecular weight excluding hydrogens is 160 g/mol. The van der Waals surface area contributed by atoms with Gasteiger partial charge in [-0.1, -0.05) is 5.16 Å². The van der Waals surface area contributed by atoms with E-state index in [2.05, 4.69) is 25.6 Å². The van der Waals surface area contributed by atoms with E-state index in [0.717, 1.165) is 0 Å². The van der Waals surface area contributed by atoms with Crippen LogP contribution in [0.5, 0.6) is 0 Å². The van der Waals surface area contributed by atoms with Crippen molar-refractivity contribution in [1.29, 1.82) is 0 Å². The number of nitrogen functional groups attached to an aromatic ring is 1. The molecule has 2 N–H and O–H groups in total. The minimum absolute atomic E-state index is 0.389. The molecule has 0 aromatic carbocycles. The maximum absolute atomic E-state index is 5.19. The third kappa shape index (κ3) is 0.742. The van der Waals surface area contributed by atoms with Gasteiger partial charge in [-0.2, -0.15) is 0 Å². The highest BCUT2D eigenvalue weighted by Gasteiger charge is 1.94. The van der Waals surface area contributed by atoms with Crippen LogP contribution < -0.4 is 5.73 Å². The molecule has 0 unspecified atom stereocenters. The largest absolute Gasteiger partial charge is 0.380 e. The fraction of sp³-hybridized carbons (Fsp3) is 0. The molecule has 0 aliphatic rings. The van der Waals surface area contributed by atoms with Gasteiger partial charge in [-0.15, -0.1) is 0 Å². The van der Waals surface area contributed by atoms with Gasteiger partial charge in [0.05, 0.1) is 0 Å². The highest BCUT2D eigenvalue weighted by Crippen LogP contribution is 2.14. The highest BCUT2D eigenvalue weighted by molar-refractivity contribution is 9.10. The van der Waals surface area contributed by atoms with Gasteiger partial charge in [0, 0.05) is 0 Å². The Labute approximate surface area is 48.6 Å². The first kappa shape index (κ1) is 4.64. The Bertz CT molecular complexity index is 145. The molecule has 0 aliphatic carbocycles. The van der Waals surface area contributed by atoms with Gasteiger partial charge in [0.15, 0.2) is 5.82 Å². The van der Waals surface area contributed by atoms with Crippen molar-refractivity contribution < 1.29 is 4.52 Å². The first-order chi connectivity index (χ1) is 3.30. The van der Waals surface area contributed by atoms with Crippen molar-refractivity contribution in [3.63, 3.8) is 0 Å². The zero-order valence-electron chi connectivity index (χ0n) is 3.39. The number of nitrogens with two attached hydrogens (primary N) is 1. The Morgan fingerprint density at radius 2 is 2.57 bits per heavy atom. The van der Waals surface area contributed by atoms with Crippen LogP contribution in [0, 0.1) is 0 Å². The Balaban J connectivity index is 3.12. The number of rotatable bonds is 0. The Hall–Kier alpha value is -0.510. The molecule has 0 spiro atoms. The maximum atomic E-state index is 5.19. The molecule has 0 fully saturated rings. The zero-order chi connectivity index (χ0) is 5.28. The lowest BCUT2D eigenvalue weighted by atomic mass is 10.7. The fourth-order valence-corrected chi connectivity index (χ4v) is 0.389. The predicted octanol–water partition coefficient (Wildman–Crippen LogP) is 1.02. The van der Waals surface area contributed by atoms with Gasteiger partial charge in [0.1, 0.15) is 10.7 Å². The molecule has 38 valence electrons. The van der Waals surface area contributed by atoms with Crippen molar-refractivity contribution in [3.8, 4) is 0 Å². The molecule has 0 aliphatic heterocycles. The number of anilines is 1. The second kappa shape index (κ2) is 1.54. The number of nitrogens with zero attached hydrogens (tertiary/aromatic N) is 1. The van der Waals surface area contributed by atoms with Gasteiger partial charge >= 0.3 is 0 Å². The molecular formula is C3H3BrN2O. The molecule has 0 saturated heterocycles. The van der Waals surface area contributed by atoms with Crippen molar-refractivity contribution in [1.82, 2.24) is 5.16 Å². The van der Waals surface area contributed by atoms with E-state index in [4.69, 9.17) is 5.73 Å². The summed E-state index contributed by atoms with van der Waals surface area (Å²) in [5.74, 6) is 0.389. The molecule has 7 heavy (non-hydrogen) atoms. The molecule has 1 aromatic heterocycles. The van der Waals surface area contributed by atoms with E-state index in [-0.39, 0.29) is 0 Å². The highest BCUT2D eigenvalue weighted by atomic mass is 79.9. The monoisotopic (exact) mass is 162 g/mol. The van der Waals surface area contributed by atoms with Crippen LogP contribution in [0.1, 0.15) is 0 Å². The summed E-state index contributed by atoms with van der Waals surface area (Å²) in [7, 11) is 0. The van der Waals surface area contributed by atoms with Crippen LogP contribution in [0.3, 0.4) is 0 Å². The Morgan fingerprint density at radius 1 is 1.86 bits per heavy atom. The summed E-state index contributed by atoms with van der Waals surface area (Å²) >= 11 is 3.08.